The molecule has 1 aliphatic carbocycles. The molecule has 0 atom stereocenters. The van der Waals surface area contributed by atoms with Gasteiger partial charge in [0, 0.05) is 25.0 Å². The topological polar surface area (TPSA) is 128 Å². The van der Waals surface area contributed by atoms with Gasteiger partial charge in [-0.1, -0.05) is 38.1 Å². The standard InChI is InChI=1S/C26H29N7O2/c1-16(2)20-12-29-15-23(32-20)33-24(28-3)19(11-27)22-14-30-21(13-31-22)17-5-7-18(8-6-17)26(9-10-26)25(34)35-4/h5-8,11-16H,9-10,27H2,1-4H3,(H,28,32,33). The SMILES string of the molecule is CN=C(Nc1cncc(C(C)C)n1)C(=CN)c1cnc(-c2ccc(C3(C(=O)OC)CC3)cc2)cn1. The average Bonchev–Trinajstić information content (AvgIpc) is 3.71. The third kappa shape index (κ3) is 4.89. The van der Waals surface area contributed by atoms with E-state index in [1.807, 2.05) is 24.3 Å². The summed E-state index contributed by atoms with van der Waals surface area (Å²) < 4.78 is 4.98. The summed E-state index contributed by atoms with van der Waals surface area (Å²) in [6.45, 7) is 4.11. The number of amidine groups is 1. The monoisotopic (exact) mass is 471 g/mol. The number of nitrogens with one attached hydrogen (secondary N) is 1. The van der Waals surface area contributed by atoms with Gasteiger partial charge in [0.2, 0.25) is 0 Å². The molecule has 4 rings (SSSR count). The van der Waals surface area contributed by atoms with Crippen LogP contribution in [0.15, 0.2) is 60.2 Å². The van der Waals surface area contributed by atoms with Crippen LogP contribution in [0.1, 0.15) is 49.6 Å². The summed E-state index contributed by atoms with van der Waals surface area (Å²) >= 11 is 0. The Bertz CT molecular complexity index is 1260. The van der Waals surface area contributed by atoms with Crippen molar-refractivity contribution in [1.82, 2.24) is 19.9 Å². The van der Waals surface area contributed by atoms with Gasteiger partial charge in [0.05, 0.1) is 53.8 Å². The van der Waals surface area contributed by atoms with Gasteiger partial charge in [-0.05, 0) is 24.3 Å². The van der Waals surface area contributed by atoms with Crippen LogP contribution in [-0.2, 0) is 14.9 Å². The number of anilines is 1. The van der Waals surface area contributed by atoms with Gasteiger partial charge in [-0.25, -0.2) is 4.98 Å². The molecule has 2 aromatic heterocycles. The Balaban J connectivity index is 1.52. The smallest absolute Gasteiger partial charge is 0.316 e. The Kier molecular flexibility index (Phi) is 6.86. The molecule has 35 heavy (non-hydrogen) atoms. The van der Waals surface area contributed by atoms with Gasteiger partial charge in [0.1, 0.15) is 11.7 Å². The molecule has 1 aliphatic rings. The normalized spacial score (nSPS) is 15.1. The largest absolute Gasteiger partial charge is 0.468 e. The molecular weight excluding hydrogens is 442 g/mol. The molecule has 0 unspecified atom stereocenters. The van der Waals surface area contributed by atoms with Crippen molar-refractivity contribution < 1.29 is 9.53 Å². The molecule has 9 nitrogen and oxygen atoms in total. The molecule has 3 aromatic rings. The van der Waals surface area contributed by atoms with Gasteiger partial charge in [-0.2, -0.15) is 0 Å². The minimum atomic E-state index is -0.494. The molecule has 0 bridgehead atoms. The number of benzene rings is 1. The first-order valence-corrected chi connectivity index (χ1v) is 11.4. The molecule has 9 heteroatoms. The Morgan fingerprint density at radius 3 is 2.43 bits per heavy atom. The van der Waals surface area contributed by atoms with Crippen molar-refractivity contribution >= 4 is 23.2 Å². The maximum atomic E-state index is 12.1. The average molecular weight is 472 g/mol. The molecule has 1 saturated carbocycles. The summed E-state index contributed by atoms with van der Waals surface area (Å²) in [4.78, 5) is 34.4. The van der Waals surface area contributed by atoms with Gasteiger partial charge < -0.3 is 15.8 Å². The van der Waals surface area contributed by atoms with E-state index in [1.165, 1.54) is 13.3 Å². The van der Waals surface area contributed by atoms with Crippen LogP contribution < -0.4 is 11.1 Å². The van der Waals surface area contributed by atoms with Crippen molar-refractivity contribution in [3.8, 4) is 11.3 Å². The number of carbonyl (C=O) groups excluding carboxylic acids is 1. The van der Waals surface area contributed by atoms with Gasteiger partial charge >= 0.3 is 5.97 Å². The molecule has 0 amide bonds. The van der Waals surface area contributed by atoms with E-state index in [-0.39, 0.29) is 11.9 Å². The Labute approximate surface area is 204 Å². The number of esters is 1. The lowest BCUT2D eigenvalue weighted by Gasteiger charge is -2.14. The predicted molar refractivity (Wildman–Crippen MR) is 136 cm³/mol. The highest BCUT2D eigenvalue weighted by molar-refractivity contribution is 6.27. The second-order valence-electron chi connectivity index (χ2n) is 8.70. The number of aliphatic imine (C=N–C) groups is 1. The second kappa shape index (κ2) is 10.0. The Hall–Kier alpha value is -4.14. The van der Waals surface area contributed by atoms with Gasteiger partial charge in [0.25, 0.3) is 0 Å². The van der Waals surface area contributed by atoms with Crippen molar-refractivity contribution in [3.05, 3.63) is 72.2 Å². The minimum Gasteiger partial charge on any atom is -0.468 e. The molecule has 0 saturated heterocycles. The van der Waals surface area contributed by atoms with Crippen LogP contribution >= 0.6 is 0 Å². The number of methoxy groups -OCH3 is 1. The highest BCUT2D eigenvalue weighted by atomic mass is 16.5. The molecule has 2 heterocycles. The molecule has 0 radical (unpaired) electrons. The van der Waals surface area contributed by atoms with Crippen LogP contribution in [-0.4, -0.2) is 45.9 Å². The summed E-state index contributed by atoms with van der Waals surface area (Å²) in [5.41, 5.74) is 10.0. The van der Waals surface area contributed by atoms with E-state index < -0.39 is 5.41 Å². The molecule has 1 aromatic carbocycles. The first-order chi connectivity index (χ1) is 16.9. The third-order valence-corrected chi connectivity index (χ3v) is 6.12. The molecule has 0 spiro atoms. The van der Waals surface area contributed by atoms with E-state index in [0.29, 0.717) is 28.6 Å². The van der Waals surface area contributed by atoms with E-state index in [2.05, 4.69) is 44.1 Å². The van der Waals surface area contributed by atoms with E-state index in [0.717, 1.165) is 29.7 Å². The zero-order valence-electron chi connectivity index (χ0n) is 20.3. The number of ether oxygens (including phenoxy) is 1. The van der Waals surface area contributed by atoms with Crippen LogP contribution in [0.5, 0.6) is 0 Å². The first kappa shape index (κ1) is 24.0. The maximum absolute atomic E-state index is 12.1. The van der Waals surface area contributed by atoms with Crippen molar-refractivity contribution in [1.29, 1.82) is 0 Å². The van der Waals surface area contributed by atoms with Crippen molar-refractivity contribution in [3.63, 3.8) is 0 Å². The molecule has 3 N–H and O–H groups in total. The highest BCUT2D eigenvalue weighted by Crippen LogP contribution is 2.49. The molecular formula is C26H29N7O2. The number of hydrogen-bond donors (Lipinski definition) is 2. The number of aromatic nitrogens is 4. The highest BCUT2D eigenvalue weighted by Gasteiger charge is 2.52. The van der Waals surface area contributed by atoms with Crippen LogP contribution in [0.25, 0.3) is 16.8 Å². The lowest BCUT2D eigenvalue weighted by atomic mass is 9.95. The second-order valence-corrected chi connectivity index (χ2v) is 8.70. The van der Waals surface area contributed by atoms with Crippen LogP contribution in [0.3, 0.4) is 0 Å². The molecule has 0 aliphatic heterocycles. The van der Waals surface area contributed by atoms with Crippen molar-refractivity contribution in [2.45, 2.75) is 38.0 Å². The quantitative estimate of drug-likeness (QED) is 0.303. The van der Waals surface area contributed by atoms with E-state index in [4.69, 9.17) is 10.5 Å². The summed E-state index contributed by atoms with van der Waals surface area (Å²) in [5.74, 6) is 1.14. The summed E-state index contributed by atoms with van der Waals surface area (Å²) in [6, 6.07) is 7.81. The Morgan fingerprint density at radius 1 is 1.14 bits per heavy atom. The van der Waals surface area contributed by atoms with Crippen LogP contribution in [0, 0.1) is 0 Å². The lowest BCUT2D eigenvalue weighted by molar-refractivity contribution is -0.143. The van der Waals surface area contributed by atoms with Gasteiger partial charge in [0.15, 0.2) is 0 Å². The third-order valence-electron chi connectivity index (χ3n) is 6.12. The number of nitrogens with zero attached hydrogens (tertiary/aromatic N) is 5. The predicted octanol–water partition coefficient (Wildman–Crippen LogP) is 3.70. The summed E-state index contributed by atoms with van der Waals surface area (Å²) in [5, 5.41) is 3.18. The van der Waals surface area contributed by atoms with E-state index in [9.17, 15) is 4.79 Å². The number of rotatable bonds is 7. The summed E-state index contributed by atoms with van der Waals surface area (Å²) in [6.07, 6.45) is 9.78. The minimum absolute atomic E-state index is 0.181. The lowest BCUT2D eigenvalue weighted by Crippen LogP contribution is -2.21. The number of nitrogens with two attached hydrogens (primary N) is 1. The first-order valence-electron chi connectivity index (χ1n) is 11.4. The van der Waals surface area contributed by atoms with Crippen molar-refractivity contribution in [2.24, 2.45) is 10.7 Å². The van der Waals surface area contributed by atoms with Gasteiger partial charge in [-0.3, -0.25) is 24.7 Å². The van der Waals surface area contributed by atoms with Gasteiger partial charge in [-0.15, -0.1) is 0 Å². The fraction of sp³-hybridized carbons (Fsp3) is 0.308. The maximum Gasteiger partial charge on any atom is 0.316 e. The van der Waals surface area contributed by atoms with E-state index in [1.54, 1.807) is 31.8 Å². The van der Waals surface area contributed by atoms with E-state index >= 15 is 0 Å². The number of carbonyl (C=O) groups is 1. The zero-order valence-corrected chi connectivity index (χ0v) is 20.3. The fourth-order valence-corrected chi connectivity index (χ4v) is 3.88. The fourth-order valence-electron chi connectivity index (χ4n) is 3.88. The Morgan fingerprint density at radius 2 is 1.89 bits per heavy atom. The van der Waals surface area contributed by atoms with Crippen LogP contribution in [0.2, 0.25) is 0 Å². The van der Waals surface area contributed by atoms with Crippen molar-refractivity contribution in [2.75, 3.05) is 19.5 Å². The molecule has 180 valence electrons. The number of hydrogen-bond acceptors (Lipinski definition) is 8. The summed E-state index contributed by atoms with van der Waals surface area (Å²) in [7, 11) is 3.09. The molecule has 1 fully saturated rings. The van der Waals surface area contributed by atoms with Crippen LogP contribution in [0.4, 0.5) is 5.82 Å². The zero-order chi connectivity index (χ0) is 25.0.